The highest BCUT2D eigenvalue weighted by atomic mass is 35.5. The van der Waals surface area contributed by atoms with Gasteiger partial charge in [-0.05, 0) is 67.6 Å². The molecule has 2 aliphatic heterocycles. The summed E-state index contributed by atoms with van der Waals surface area (Å²) in [5.41, 5.74) is 0.700. The summed E-state index contributed by atoms with van der Waals surface area (Å²) >= 11 is 6.06. The first-order chi connectivity index (χ1) is 21.6. The van der Waals surface area contributed by atoms with Crippen LogP contribution in [0.2, 0.25) is 5.02 Å². The van der Waals surface area contributed by atoms with Gasteiger partial charge in [0.2, 0.25) is 23.6 Å². The van der Waals surface area contributed by atoms with Crippen LogP contribution in [0.15, 0.2) is 78.4 Å². The number of nitrogens with zero attached hydrogens (tertiary/aromatic N) is 2. The van der Waals surface area contributed by atoms with E-state index in [4.69, 9.17) is 16.3 Å². The normalized spacial score (nSPS) is 29.0. The lowest BCUT2D eigenvalue weighted by atomic mass is 9.51. The Hall–Kier alpha value is -4.50. The topological polar surface area (TPSA) is 104 Å². The van der Waals surface area contributed by atoms with Crippen LogP contribution < -0.4 is 9.64 Å². The largest absolute Gasteiger partial charge is 0.508 e. The molecule has 2 heterocycles. The molecule has 8 nitrogen and oxygen atoms in total. The molecule has 0 radical (unpaired) electrons. The Balaban J connectivity index is 1.36. The molecule has 10 heteroatoms. The number of allylic oxidation sites excluding steroid dienone is 2. The van der Waals surface area contributed by atoms with Gasteiger partial charge in [-0.3, -0.25) is 24.1 Å². The van der Waals surface area contributed by atoms with Crippen molar-refractivity contribution >= 4 is 40.9 Å². The lowest BCUT2D eigenvalue weighted by Crippen LogP contribution is -2.48. The van der Waals surface area contributed by atoms with Gasteiger partial charge in [-0.25, -0.2) is 9.29 Å². The molecule has 45 heavy (non-hydrogen) atoms. The van der Waals surface area contributed by atoms with E-state index in [-0.39, 0.29) is 47.7 Å². The van der Waals surface area contributed by atoms with Gasteiger partial charge in [-0.2, -0.15) is 0 Å². The summed E-state index contributed by atoms with van der Waals surface area (Å²) in [5.74, 6) is -5.50. The number of imide groups is 2. The predicted molar refractivity (Wildman–Crippen MR) is 163 cm³/mol. The monoisotopic (exact) mass is 628 g/mol. The van der Waals surface area contributed by atoms with E-state index in [1.807, 2.05) is 36.4 Å². The molecule has 2 aliphatic carbocycles. The number of phenols is 1. The highest BCUT2D eigenvalue weighted by Crippen LogP contribution is 2.64. The summed E-state index contributed by atoms with van der Waals surface area (Å²) in [6.45, 7) is 1.85. The maximum Gasteiger partial charge on any atom is 0.241 e. The number of carbonyl (C=O) groups is 4. The summed E-state index contributed by atoms with van der Waals surface area (Å²) < 4.78 is 19.5. The second-order valence-electron chi connectivity index (χ2n) is 12.4. The standard InChI is InChI=1S/C35H30ClFN2O6/c1-35-25(32(42)39(34(35)44)19-8-12-27(37)26(36)14-19)16-23-21(30(35)24-15-20(45-2)9-13-28(24)40)10-11-22-29(23)33(43)38(31(22)41)17-18-6-4-3-5-7-18/h3-10,12-15,22-23,25,29-30,40H,11,16-17H2,1-2H3/t22-,23+,25-,29-,30+,35+/m0/s1. The van der Waals surface area contributed by atoms with Gasteiger partial charge in [0.1, 0.15) is 17.3 Å². The molecule has 0 spiro atoms. The summed E-state index contributed by atoms with van der Waals surface area (Å²) in [5, 5.41) is 11.0. The van der Waals surface area contributed by atoms with Crippen molar-refractivity contribution in [1.29, 1.82) is 0 Å². The predicted octanol–water partition coefficient (Wildman–Crippen LogP) is 5.62. The van der Waals surface area contributed by atoms with E-state index in [9.17, 15) is 28.7 Å². The van der Waals surface area contributed by atoms with Crippen LogP contribution in [0.4, 0.5) is 10.1 Å². The van der Waals surface area contributed by atoms with Crippen LogP contribution in [-0.4, -0.2) is 40.7 Å². The Labute approximate surface area is 264 Å². The summed E-state index contributed by atoms with van der Waals surface area (Å²) in [4.78, 5) is 58.9. The first-order valence-corrected chi connectivity index (χ1v) is 15.2. The molecular formula is C35H30ClFN2O6. The van der Waals surface area contributed by atoms with Crippen molar-refractivity contribution in [2.24, 2.45) is 29.1 Å². The molecular weight excluding hydrogens is 599 g/mol. The zero-order chi connectivity index (χ0) is 31.8. The van der Waals surface area contributed by atoms with Gasteiger partial charge in [0.05, 0.1) is 47.5 Å². The third-order valence-corrected chi connectivity index (χ3v) is 10.5. The van der Waals surface area contributed by atoms with Crippen molar-refractivity contribution < 1.29 is 33.4 Å². The molecule has 4 aliphatic rings. The number of carbonyl (C=O) groups excluding carboxylic acids is 4. The first kappa shape index (κ1) is 29.2. The van der Waals surface area contributed by atoms with Gasteiger partial charge >= 0.3 is 0 Å². The fourth-order valence-corrected chi connectivity index (χ4v) is 8.28. The summed E-state index contributed by atoms with van der Waals surface area (Å²) in [6, 6.07) is 17.7. The number of hydrogen-bond acceptors (Lipinski definition) is 6. The molecule has 3 aromatic rings. The molecule has 4 amide bonds. The lowest BCUT2D eigenvalue weighted by molar-refractivity contribution is -0.141. The number of halogens is 2. The summed E-state index contributed by atoms with van der Waals surface area (Å²) in [7, 11) is 1.49. The third kappa shape index (κ3) is 4.24. The van der Waals surface area contributed by atoms with E-state index in [1.54, 1.807) is 19.1 Å². The number of aromatic hydroxyl groups is 1. The van der Waals surface area contributed by atoms with Crippen molar-refractivity contribution in [3.8, 4) is 11.5 Å². The number of amides is 4. The number of rotatable bonds is 5. The molecule has 7 rings (SSSR count). The molecule has 230 valence electrons. The Bertz CT molecular complexity index is 1810. The smallest absolute Gasteiger partial charge is 0.241 e. The minimum absolute atomic E-state index is 0.0903. The second-order valence-corrected chi connectivity index (χ2v) is 12.8. The number of benzene rings is 3. The van der Waals surface area contributed by atoms with E-state index in [2.05, 4.69) is 0 Å². The van der Waals surface area contributed by atoms with Crippen molar-refractivity contribution in [2.75, 3.05) is 12.0 Å². The average Bonchev–Trinajstić information content (AvgIpc) is 3.39. The average molecular weight is 629 g/mol. The van der Waals surface area contributed by atoms with E-state index < -0.39 is 52.6 Å². The van der Waals surface area contributed by atoms with Crippen molar-refractivity contribution in [3.05, 3.63) is 100 Å². The van der Waals surface area contributed by atoms with Crippen LogP contribution >= 0.6 is 11.6 Å². The maximum atomic E-state index is 14.5. The summed E-state index contributed by atoms with van der Waals surface area (Å²) in [6.07, 6.45) is 2.36. The first-order valence-electron chi connectivity index (χ1n) is 14.9. The van der Waals surface area contributed by atoms with Crippen LogP contribution in [-0.2, 0) is 25.7 Å². The fourth-order valence-electron chi connectivity index (χ4n) is 8.11. The van der Waals surface area contributed by atoms with Crippen LogP contribution in [0.25, 0.3) is 0 Å². The molecule has 0 unspecified atom stereocenters. The van der Waals surface area contributed by atoms with Crippen LogP contribution in [0.5, 0.6) is 11.5 Å². The zero-order valence-electron chi connectivity index (χ0n) is 24.6. The Morgan fingerprint density at radius 2 is 1.73 bits per heavy atom. The van der Waals surface area contributed by atoms with Gasteiger partial charge in [-0.15, -0.1) is 0 Å². The van der Waals surface area contributed by atoms with Crippen LogP contribution in [0.3, 0.4) is 0 Å². The number of fused-ring (bicyclic) bond motifs is 4. The molecule has 1 N–H and O–H groups in total. The number of hydrogen-bond donors (Lipinski definition) is 1. The van der Waals surface area contributed by atoms with Crippen molar-refractivity contribution in [3.63, 3.8) is 0 Å². The molecule has 3 aromatic carbocycles. The van der Waals surface area contributed by atoms with Gasteiger partial charge in [-0.1, -0.05) is 53.6 Å². The van der Waals surface area contributed by atoms with Crippen molar-refractivity contribution in [2.45, 2.75) is 32.2 Å². The Kier molecular flexibility index (Phi) is 6.85. The highest BCUT2D eigenvalue weighted by molar-refractivity contribution is 6.31. The molecule has 3 fully saturated rings. The van der Waals surface area contributed by atoms with E-state index in [0.717, 1.165) is 22.1 Å². The minimum atomic E-state index is -1.38. The molecule has 2 saturated heterocycles. The number of phenolic OH excluding ortho intramolecular Hbond substituents is 1. The second kappa shape index (κ2) is 10.5. The van der Waals surface area contributed by atoms with Crippen LogP contribution in [0, 0.1) is 34.9 Å². The van der Waals surface area contributed by atoms with E-state index in [1.165, 1.54) is 30.2 Å². The van der Waals surface area contributed by atoms with Crippen LogP contribution in [0.1, 0.15) is 36.8 Å². The fraction of sp³-hybridized carbons (Fsp3) is 0.314. The maximum absolute atomic E-state index is 14.5. The van der Waals surface area contributed by atoms with Gasteiger partial charge in [0.15, 0.2) is 0 Å². The third-order valence-electron chi connectivity index (χ3n) is 10.3. The molecule has 0 bridgehead atoms. The minimum Gasteiger partial charge on any atom is -0.508 e. The quantitative estimate of drug-likeness (QED) is 0.290. The molecule has 1 saturated carbocycles. The molecule has 6 atom stereocenters. The lowest BCUT2D eigenvalue weighted by Gasteiger charge is -2.49. The van der Waals surface area contributed by atoms with Gasteiger partial charge < -0.3 is 9.84 Å². The zero-order valence-corrected chi connectivity index (χ0v) is 25.3. The van der Waals surface area contributed by atoms with E-state index in [0.29, 0.717) is 11.3 Å². The number of ether oxygens (including phenoxy) is 1. The molecule has 0 aromatic heterocycles. The van der Waals surface area contributed by atoms with E-state index >= 15 is 0 Å². The number of anilines is 1. The Morgan fingerprint density at radius 3 is 2.44 bits per heavy atom. The highest BCUT2D eigenvalue weighted by Gasteiger charge is 2.68. The van der Waals surface area contributed by atoms with Crippen molar-refractivity contribution in [1.82, 2.24) is 4.90 Å². The SMILES string of the molecule is COc1ccc(O)c([C@H]2C3=CC[C@@H]4C(=O)N(Cc5ccccc5)C(=O)[C@@H]4[C@@H]3C[C@H]3C(=O)N(c4ccc(F)c(Cl)c4)C(=O)[C@@]23C)c1. The van der Waals surface area contributed by atoms with Gasteiger partial charge in [0.25, 0.3) is 0 Å². The Morgan fingerprint density at radius 1 is 0.978 bits per heavy atom. The number of methoxy groups -OCH3 is 1. The number of likely N-dealkylation sites (tertiary alicyclic amines) is 1. The van der Waals surface area contributed by atoms with Gasteiger partial charge in [0, 0.05) is 11.5 Å².